The van der Waals surface area contributed by atoms with Crippen LogP contribution in [-0.4, -0.2) is 26.5 Å². The molecular formula is C15H21NO3. The summed E-state index contributed by atoms with van der Waals surface area (Å²) in [6.45, 7) is 6.26. The minimum atomic E-state index is -0.0761. The number of epoxide rings is 1. The third kappa shape index (κ3) is 1.77. The number of fused-ring (bicyclic) bond motifs is 2. The Morgan fingerprint density at radius 1 is 1.42 bits per heavy atom. The molecule has 1 aromatic heterocycles. The number of hydrogen-bond donors (Lipinski definition) is 2. The second-order valence-corrected chi connectivity index (χ2v) is 5.66. The van der Waals surface area contributed by atoms with Crippen LogP contribution in [0.3, 0.4) is 0 Å². The van der Waals surface area contributed by atoms with Crippen LogP contribution in [-0.2, 0) is 24.1 Å². The largest absolute Gasteiger partial charge is 0.494 e. The lowest BCUT2D eigenvalue weighted by Gasteiger charge is -2.17. The highest BCUT2D eigenvalue weighted by Gasteiger charge is 2.59. The van der Waals surface area contributed by atoms with Crippen molar-refractivity contribution < 1.29 is 14.9 Å². The van der Waals surface area contributed by atoms with Crippen molar-refractivity contribution in [3.63, 3.8) is 0 Å². The average Bonchev–Trinajstić information content (AvgIpc) is 3.08. The van der Waals surface area contributed by atoms with Crippen molar-refractivity contribution >= 4 is 0 Å². The topological polar surface area (TPSA) is 57.9 Å². The summed E-state index contributed by atoms with van der Waals surface area (Å²) in [7, 11) is 0. The van der Waals surface area contributed by atoms with Crippen LogP contribution in [0.25, 0.3) is 0 Å². The van der Waals surface area contributed by atoms with Gasteiger partial charge in [0.05, 0.1) is 11.7 Å². The van der Waals surface area contributed by atoms with E-state index in [2.05, 4.69) is 13.5 Å². The van der Waals surface area contributed by atoms with Gasteiger partial charge in [0, 0.05) is 30.5 Å². The van der Waals surface area contributed by atoms with Gasteiger partial charge < -0.3 is 14.9 Å². The molecule has 19 heavy (non-hydrogen) atoms. The predicted octanol–water partition coefficient (Wildman–Crippen LogP) is 2.51. The summed E-state index contributed by atoms with van der Waals surface area (Å²) in [5.74, 6) is 0.351. The van der Waals surface area contributed by atoms with E-state index in [0.717, 1.165) is 36.8 Å². The molecule has 1 aromatic rings. The van der Waals surface area contributed by atoms with Gasteiger partial charge in [-0.1, -0.05) is 25.8 Å². The van der Waals surface area contributed by atoms with Crippen molar-refractivity contribution in [3.8, 4) is 11.8 Å². The van der Waals surface area contributed by atoms with Crippen molar-refractivity contribution in [2.24, 2.45) is 0 Å². The molecular weight excluding hydrogens is 242 g/mol. The molecule has 1 saturated heterocycles. The van der Waals surface area contributed by atoms with E-state index >= 15 is 0 Å². The summed E-state index contributed by atoms with van der Waals surface area (Å²) in [6, 6.07) is 0. The fraction of sp³-hybridized carbons (Fsp3) is 0.600. The first-order chi connectivity index (χ1) is 9.13. The molecule has 2 heterocycles. The van der Waals surface area contributed by atoms with E-state index in [1.165, 1.54) is 4.57 Å². The summed E-state index contributed by atoms with van der Waals surface area (Å²) < 4.78 is 7.39. The maximum atomic E-state index is 10.3. The quantitative estimate of drug-likeness (QED) is 0.634. The molecule has 2 atom stereocenters. The third-order valence-electron chi connectivity index (χ3n) is 4.45. The van der Waals surface area contributed by atoms with Crippen LogP contribution in [0.1, 0.15) is 37.3 Å². The summed E-state index contributed by atoms with van der Waals surface area (Å²) >= 11 is 0. The predicted molar refractivity (Wildman–Crippen MR) is 72.5 cm³/mol. The molecule has 0 aromatic carbocycles. The smallest absolute Gasteiger partial charge is 0.197 e. The number of ether oxygens (including phenoxy) is 1. The first-order valence-corrected chi connectivity index (χ1v) is 7.04. The molecule has 3 rings (SSSR count). The van der Waals surface area contributed by atoms with Gasteiger partial charge in [-0.3, -0.25) is 4.57 Å². The fourth-order valence-electron chi connectivity index (χ4n) is 3.30. The zero-order valence-corrected chi connectivity index (χ0v) is 11.4. The molecule has 2 unspecified atom stereocenters. The Kier molecular flexibility index (Phi) is 2.86. The first kappa shape index (κ1) is 12.6. The second kappa shape index (κ2) is 4.30. The van der Waals surface area contributed by atoms with Crippen LogP contribution in [0.15, 0.2) is 12.7 Å². The summed E-state index contributed by atoms with van der Waals surface area (Å²) in [5, 5.41) is 20.4. The summed E-state index contributed by atoms with van der Waals surface area (Å²) in [5.41, 5.74) is 1.64. The zero-order valence-electron chi connectivity index (χ0n) is 11.4. The summed E-state index contributed by atoms with van der Waals surface area (Å²) in [4.78, 5) is 0. The van der Waals surface area contributed by atoms with Crippen LogP contribution in [0.2, 0.25) is 0 Å². The number of aromatic nitrogens is 1. The Morgan fingerprint density at radius 2 is 2.16 bits per heavy atom. The third-order valence-corrected chi connectivity index (χ3v) is 4.45. The van der Waals surface area contributed by atoms with Gasteiger partial charge in [-0.05, 0) is 6.42 Å². The standard InChI is InChI=1S/C15H21NO3/c1-3-5-6-15-9-11-10(8-12(15)19-15)13(17)16(7-4-2)14(11)18/h4,12,17-18H,2-3,5-9H2,1H3. The molecule has 2 aliphatic rings. The van der Waals surface area contributed by atoms with Crippen LogP contribution in [0.5, 0.6) is 11.8 Å². The van der Waals surface area contributed by atoms with Gasteiger partial charge in [0.25, 0.3) is 0 Å². The molecule has 0 amide bonds. The molecule has 4 heteroatoms. The molecule has 0 bridgehead atoms. The lowest BCUT2D eigenvalue weighted by molar-refractivity contribution is 0.274. The van der Waals surface area contributed by atoms with Crippen LogP contribution < -0.4 is 0 Å². The highest BCUT2D eigenvalue weighted by atomic mass is 16.6. The van der Waals surface area contributed by atoms with Crippen molar-refractivity contribution in [2.75, 3.05) is 0 Å². The average molecular weight is 263 g/mol. The Balaban J connectivity index is 1.90. The second-order valence-electron chi connectivity index (χ2n) is 5.66. The number of hydrogen-bond acceptors (Lipinski definition) is 3. The van der Waals surface area contributed by atoms with E-state index < -0.39 is 0 Å². The van der Waals surface area contributed by atoms with E-state index in [1.807, 2.05) is 0 Å². The van der Waals surface area contributed by atoms with Gasteiger partial charge in [-0.25, -0.2) is 0 Å². The highest BCUT2D eigenvalue weighted by molar-refractivity contribution is 5.50. The molecule has 1 fully saturated rings. The van der Waals surface area contributed by atoms with E-state index in [1.54, 1.807) is 6.08 Å². The van der Waals surface area contributed by atoms with Crippen LogP contribution >= 0.6 is 0 Å². The van der Waals surface area contributed by atoms with E-state index in [-0.39, 0.29) is 23.5 Å². The SMILES string of the molecule is C=CCn1c(O)c2c(c1O)CC1(CCCC)OC1C2. The monoisotopic (exact) mass is 263 g/mol. The van der Waals surface area contributed by atoms with Gasteiger partial charge in [0.15, 0.2) is 11.8 Å². The number of allylic oxidation sites excluding steroid dienone is 1. The minimum absolute atomic E-state index is 0.0761. The molecule has 0 saturated carbocycles. The molecule has 4 nitrogen and oxygen atoms in total. The normalized spacial score (nSPS) is 27.7. The first-order valence-electron chi connectivity index (χ1n) is 7.04. The number of aromatic hydroxyl groups is 2. The van der Waals surface area contributed by atoms with Gasteiger partial charge >= 0.3 is 0 Å². The fourth-order valence-corrected chi connectivity index (χ4v) is 3.30. The van der Waals surface area contributed by atoms with Crippen molar-refractivity contribution in [1.82, 2.24) is 4.57 Å². The molecule has 2 N–H and O–H groups in total. The van der Waals surface area contributed by atoms with Gasteiger partial charge in [-0.15, -0.1) is 6.58 Å². The van der Waals surface area contributed by atoms with Crippen LogP contribution in [0.4, 0.5) is 0 Å². The number of nitrogens with zero attached hydrogens (tertiary/aromatic N) is 1. The molecule has 1 aliphatic carbocycles. The number of unbranched alkanes of at least 4 members (excludes halogenated alkanes) is 1. The maximum Gasteiger partial charge on any atom is 0.197 e. The Hall–Kier alpha value is -1.42. The zero-order chi connectivity index (χ0) is 13.6. The van der Waals surface area contributed by atoms with E-state index in [4.69, 9.17) is 4.74 Å². The molecule has 0 radical (unpaired) electrons. The summed E-state index contributed by atoms with van der Waals surface area (Å²) in [6.07, 6.45) is 6.66. The van der Waals surface area contributed by atoms with E-state index in [0.29, 0.717) is 13.0 Å². The van der Waals surface area contributed by atoms with Gasteiger partial charge in [0.2, 0.25) is 0 Å². The molecule has 1 aliphatic heterocycles. The minimum Gasteiger partial charge on any atom is -0.494 e. The van der Waals surface area contributed by atoms with Crippen molar-refractivity contribution in [1.29, 1.82) is 0 Å². The van der Waals surface area contributed by atoms with Gasteiger partial charge in [-0.2, -0.15) is 0 Å². The Bertz CT molecular complexity index is 520. The lowest BCUT2D eigenvalue weighted by Crippen LogP contribution is -2.24. The highest BCUT2D eigenvalue weighted by Crippen LogP contribution is 2.53. The maximum absolute atomic E-state index is 10.3. The molecule has 0 spiro atoms. The number of rotatable bonds is 5. The Labute approximate surface area is 113 Å². The van der Waals surface area contributed by atoms with Crippen LogP contribution in [0, 0.1) is 0 Å². The van der Waals surface area contributed by atoms with Gasteiger partial charge in [0.1, 0.15) is 0 Å². The molecule has 104 valence electrons. The Morgan fingerprint density at radius 3 is 2.84 bits per heavy atom. The van der Waals surface area contributed by atoms with Crippen molar-refractivity contribution in [2.45, 2.75) is 57.3 Å². The van der Waals surface area contributed by atoms with Crippen molar-refractivity contribution in [3.05, 3.63) is 23.8 Å². The lowest BCUT2D eigenvalue weighted by atomic mass is 9.83. The van der Waals surface area contributed by atoms with E-state index in [9.17, 15) is 10.2 Å².